The number of aliphatic hydroxyl groups excluding tert-OH is 1. The zero-order valence-corrected chi connectivity index (χ0v) is 8.28. The molecule has 0 saturated carbocycles. The first-order valence-corrected chi connectivity index (χ1v) is 4.30. The maximum Gasteiger partial charge on any atom is 0.434 e. The molecule has 2 nitrogen and oxygen atoms in total. The molecule has 1 aromatic rings. The van der Waals surface area contributed by atoms with Gasteiger partial charge in [-0.25, -0.2) is 13.8 Å². The maximum atomic E-state index is 12.3. The van der Waals surface area contributed by atoms with Crippen molar-refractivity contribution in [2.45, 2.75) is 19.2 Å². The Morgan fingerprint density at radius 2 is 1.94 bits per heavy atom. The molecule has 0 atom stereocenters. The second kappa shape index (κ2) is 4.50. The molecular weight excluding hydrogens is 257 g/mol. The second-order valence-corrected chi connectivity index (χ2v) is 3.19. The Labute approximate surface area is 91.7 Å². The van der Waals surface area contributed by atoms with Gasteiger partial charge in [-0.05, 0) is 0 Å². The minimum absolute atomic E-state index is 0.366. The van der Waals surface area contributed by atoms with E-state index in [-0.39, 0.29) is 0 Å². The number of rotatable bonds is 2. The summed E-state index contributed by atoms with van der Waals surface area (Å²) < 4.78 is 61.5. The lowest BCUT2D eigenvalue weighted by Crippen LogP contribution is -2.12. The van der Waals surface area contributed by atoms with Crippen molar-refractivity contribution in [2.24, 2.45) is 0 Å². The van der Waals surface area contributed by atoms with Crippen LogP contribution in [0.1, 0.15) is 23.2 Å². The van der Waals surface area contributed by atoms with Crippen molar-refractivity contribution in [1.82, 2.24) is 4.98 Å². The summed E-state index contributed by atoms with van der Waals surface area (Å²) in [5, 5.41) is 7.73. The third-order valence-corrected chi connectivity index (χ3v) is 2.22. The minimum Gasteiger partial charge on any atom is -0.392 e. The van der Waals surface area contributed by atoms with Gasteiger partial charge >= 0.3 is 6.18 Å². The van der Waals surface area contributed by atoms with Crippen molar-refractivity contribution in [1.29, 1.82) is 0 Å². The highest BCUT2D eigenvalue weighted by Crippen LogP contribution is 2.37. The van der Waals surface area contributed by atoms with Crippen LogP contribution in [0.3, 0.4) is 0 Å². The Balaban J connectivity index is 3.41. The van der Waals surface area contributed by atoms with Crippen LogP contribution in [0.4, 0.5) is 22.0 Å². The van der Waals surface area contributed by atoms with Crippen LogP contribution in [0.25, 0.3) is 0 Å². The fourth-order valence-electron chi connectivity index (χ4n) is 1.08. The van der Waals surface area contributed by atoms with Crippen molar-refractivity contribution in [2.75, 3.05) is 0 Å². The van der Waals surface area contributed by atoms with Gasteiger partial charge in [0.1, 0.15) is 0 Å². The molecule has 0 spiro atoms. The van der Waals surface area contributed by atoms with Gasteiger partial charge in [0.25, 0.3) is 6.43 Å². The predicted molar refractivity (Wildman–Crippen MR) is 45.1 cm³/mol. The monoisotopic (exact) mass is 261 g/mol. The molecule has 0 radical (unpaired) electrons. The van der Waals surface area contributed by atoms with Crippen LogP contribution in [0, 0.1) is 0 Å². The van der Waals surface area contributed by atoms with Gasteiger partial charge in [-0.3, -0.25) is 0 Å². The molecule has 1 N–H and O–H groups in total. The van der Waals surface area contributed by atoms with Crippen LogP contribution in [0.5, 0.6) is 0 Å². The van der Waals surface area contributed by atoms with Gasteiger partial charge in [0.15, 0.2) is 5.69 Å². The van der Waals surface area contributed by atoms with Crippen LogP contribution in [0.15, 0.2) is 6.20 Å². The van der Waals surface area contributed by atoms with E-state index in [2.05, 4.69) is 4.98 Å². The normalized spacial score (nSPS) is 12.2. The van der Waals surface area contributed by atoms with Gasteiger partial charge < -0.3 is 5.11 Å². The van der Waals surface area contributed by atoms with E-state index in [1.807, 2.05) is 0 Å². The summed E-state index contributed by atoms with van der Waals surface area (Å²) in [6.07, 6.45) is -7.53. The molecule has 0 aliphatic carbocycles. The largest absolute Gasteiger partial charge is 0.434 e. The highest BCUT2D eigenvalue weighted by atomic mass is 35.5. The maximum absolute atomic E-state index is 12.3. The van der Waals surface area contributed by atoms with Crippen molar-refractivity contribution >= 4 is 11.6 Å². The summed E-state index contributed by atoms with van der Waals surface area (Å²) in [6, 6.07) is 0. The number of halogens is 6. The van der Waals surface area contributed by atoms with Gasteiger partial charge in [-0.1, -0.05) is 11.6 Å². The Morgan fingerprint density at radius 3 is 2.31 bits per heavy atom. The molecule has 1 rings (SSSR count). The van der Waals surface area contributed by atoms with Gasteiger partial charge in [0.2, 0.25) is 0 Å². The van der Waals surface area contributed by atoms with Gasteiger partial charge in [0.05, 0.1) is 11.6 Å². The Bertz CT molecular complexity index is 393. The molecule has 90 valence electrons. The molecular formula is C8H5ClF5NO. The van der Waals surface area contributed by atoms with Gasteiger partial charge in [-0.15, -0.1) is 0 Å². The molecule has 8 heteroatoms. The molecule has 0 fully saturated rings. The molecule has 0 aliphatic rings. The van der Waals surface area contributed by atoms with E-state index in [9.17, 15) is 22.0 Å². The molecule has 0 unspecified atom stereocenters. The third kappa shape index (κ3) is 2.41. The van der Waals surface area contributed by atoms with E-state index >= 15 is 0 Å². The van der Waals surface area contributed by atoms with Crippen molar-refractivity contribution in [3.63, 3.8) is 0 Å². The van der Waals surface area contributed by atoms with E-state index in [0.29, 0.717) is 6.20 Å². The summed E-state index contributed by atoms with van der Waals surface area (Å²) >= 11 is 5.27. The van der Waals surface area contributed by atoms with Gasteiger partial charge in [-0.2, -0.15) is 13.2 Å². The van der Waals surface area contributed by atoms with E-state index in [0.717, 1.165) is 0 Å². The molecule has 0 amide bonds. The SMILES string of the molecule is OCc1c(C(F)F)cnc(C(F)(F)F)c1Cl. The van der Waals surface area contributed by atoms with E-state index in [1.165, 1.54) is 0 Å². The van der Waals surface area contributed by atoms with E-state index in [4.69, 9.17) is 16.7 Å². The molecule has 0 saturated heterocycles. The van der Waals surface area contributed by atoms with Gasteiger partial charge in [0, 0.05) is 17.3 Å². The average molecular weight is 262 g/mol. The highest BCUT2D eigenvalue weighted by molar-refractivity contribution is 6.32. The van der Waals surface area contributed by atoms with Crippen LogP contribution in [-0.4, -0.2) is 10.1 Å². The minimum atomic E-state index is -4.85. The number of hydrogen-bond donors (Lipinski definition) is 1. The summed E-state index contributed by atoms with van der Waals surface area (Å²) in [5.41, 5.74) is -2.94. The molecule has 1 aromatic heterocycles. The number of aliphatic hydroxyl groups is 1. The molecule has 0 bridgehead atoms. The van der Waals surface area contributed by atoms with Crippen molar-refractivity contribution in [3.8, 4) is 0 Å². The van der Waals surface area contributed by atoms with E-state index in [1.54, 1.807) is 0 Å². The van der Waals surface area contributed by atoms with Crippen LogP contribution in [-0.2, 0) is 12.8 Å². The third-order valence-electron chi connectivity index (χ3n) is 1.82. The average Bonchev–Trinajstić information content (AvgIpc) is 2.14. The number of pyridine rings is 1. The zero-order chi connectivity index (χ0) is 12.5. The van der Waals surface area contributed by atoms with Crippen LogP contribution in [0.2, 0.25) is 5.02 Å². The lowest BCUT2D eigenvalue weighted by atomic mass is 10.1. The molecule has 0 aromatic carbocycles. The smallest absolute Gasteiger partial charge is 0.392 e. The molecule has 16 heavy (non-hydrogen) atoms. The first kappa shape index (κ1) is 13.1. The van der Waals surface area contributed by atoms with Crippen molar-refractivity contribution in [3.05, 3.63) is 28.0 Å². The van der Waals surface area contributed by atoms with Crippen LogP contribution < -0.4 is 0 Å². The Hall–Kier alpha value is -0.950. The van der Waals surface area contributed by atoms with Crippen molar-refractivity contribution < 1.29 is 27.1 Å². The summed E-state index contributed by atoms with van der Waals surface area (Å²) in [7, 11) is 0. The Kier molecular flexibility index (Phi) is 3.69. The standard InChI is InChI=1S/C8H5ClF5NO/c9-5-4(2-16)3(7(10)11)1-15-6(5)8(12,13)14/h1,7,16H,2H2. The highest BCUT2D eigenvalue weighted by Gasteiger charge is 2.37. The topological polar surface area (TPSA) is 33.1 Å². The summed E-state index contributed by atoms with van der Waals surface area (Å²) in [4.78, 5) is 2.83. The number of alkyl halides is 5. The van der Waals surface area contributed by atoms with Crippen LogP contribution >= 0.6 is 11.6 Å². The first-order chi connectivity index (χ1) is 7.29. The predicted octanol–water partition coefficient (Wildman–Crippen LogP) is 3.18. The lowest BCUT2D eigenvalue weighted by molar-refractivity contribution is -0.141. The molecule has 0 aliphatic heterocycles. The number of hydrogen-bond acceptors (Lipinski definition) is 2. The lowest BCUT2D eigenvalue weighted by Gasteiger charge is -2.13. The second-order valence-electron chi connectivity index (χ2n) is 2.81. The quantitative estimate of drug-likeness (QED) is 0.830. The fraction of sp³-hybridized carbons (Fsp3) is 0.375. The first-order valence-electron chi connectivity index (χ1n) is 3.92. The number of aromatic nitrogens is 1. The number of nitrogens with zero attached hydrogens (tertiary/aromatic N) is 1. The Morgan fingerprint density at radius 1 is 1.38 bits per heavy atom. The van der Waals surface area contributed by atoms with E-state index < -0.39 is 41.1 Å². The molecule has 1 heterocycles. The summed E-state index contributed by atoms with van der Waals surface area (Å²) in [6.45, 7) is -1.01. The zero-order valence-electron chi connectivity index (χ0n) is 7.52. The summed E-state index contributed by atoms with van der Waals surface area (Å²) in [5.74, 6) is 0. The fourth-order valence-corrected chi connectivity index (χ4v) is 1.41.